The Morgan fingerprint density at radius 1 is 1.22 bits per heavy atom. The van der Waals surface area contributed by atoms with E-state index in [1.165, 1.54) is 5.56 Å². The second-order valence-electron chi connectivity index (χ2n) is 5.31. The van der Waals surface area contributed by atoms with Crippen LogP contribution in [-0.2, 0) is 6.42 Å². The van der Waals surface area contributed by atoms with Crippen molar-refractivity contribution in [3.05, 3.63) is 60.2 Å². The maximum Gasteiger partial charge on any atom is 0.214 e. The summed E-state index contributed by atoms with van der Waals surface area (Å²) in [5.74, 6) is 0. The molecule has 116 valence electrons. The van der Waals surface area contributed by atoms with Gasteiger partial charge >= 0.3 is 0 Å². The van der Waals surface area contributed by atoms with Crippen molar-refractivity contribution < 1.29 is 0 Å². The SMILES string of the molecule is Cc1cn2nc(NCCc3ccc(-n4cccn4)cc3)sc2n1. The number of rotatable bonds is 5. The molecule has 0 saturated heterocycles. The molecule has 0 spiro atoms. The van der Waals surface area contributed by atoms with Gasteiger partial charge in [0.15, 0.2) is 0 Å². The summed E-state index contributed by atoms with van der Waals surface area (Å²) in [6, 6.07) is 10.4. The Balaban J connectivity index is 1.36. The summed E-state index contributed by atoms with van der Waals surface area (Å²) in [5.41, 5.74) is 3.35. The fourth-order valence-corrected chi connectivity index (χ4v) is 3.28. The van der Waals surface area contributed by atoms with Gasteiger partial charge < -0.3 is 5.32 Å². The molecule has 0 aliphatic carbocycles. The fraction of sp³-hybridized carbons (Fsp3) is 0.188. The van der Waals surface area contributed by atoms with Crippen molar-refractivity contribution in [3.8, 4) is 5.69 Å². The van der Waals surface area contributed by atoms with Crippen LogP contribution in [-0.4, -0.2) is 30.9 Å². The number of fused-ring (bicyclic) bond motifs is 1. The van der Waals surface area contributed by atoms with E-state index >= 15 is 0 Å². The van der Waals surface area contributed by atoms with Crippen LogP contribution in [0.15, 0.2) is 48.9 Å². The van der Waals surface area contributed by atoms with Gasteiger partial charge in [0.1, 0.15) is 0 Å². The highest BCUT2D eigenvalue weighted by Gasteiger charge is 2.05. The molecule has 0 atom stereocenters. The number of nitrogens with one attached hydrogen (secondary N) is 1. The van der Waals surface area contributed by atoms with Crippen LogP contribution in [0.4, 0.5) is 5.13 Å². The Kier molecular flexibility index (Phi) is 3.55. The average Bonchev–Trinajstić information content (AvgIpc) is 3.24. The zero-order valence-electron chi connectivity index (χ0n) is 12.7. The van der Waals surface area contributed by atoms with Crippen LogP contribution in [0.3, 0.4) is 0 Å². The molecular weight excluding hydrogens is 308 g/mol. The summed E-state index contributed by atoms with van der Waals surface area (Å²) in [6.45, 7) is 2.82. The van der Waals surface area contributed by atoms with Gasteiger partial charge in [-0.05, 0) is 37.1 Å². The molecule has 0 amide bonds. The largest absolute Gasteiger partial charge is 0.360 e. The molecule has 0 unspecified atom stereocenters. The zero-order chi connectivity index (χ0) is 15.6. The van der Waals surface area contributed by atoms with Crippen LogP contribution in [0.2, 0.25) is 0 Å². The summed E-state index contributed by atoms with van der Waals surface area (Å²) in [6.07, 6.45) is 6.60. The van der Waals surface area contributed by atoms with Crippen molar-refractivity contribution >= 4 is 21.4 Å². The topological polar surface area (TPSA) is 60.0 Å². The monoisotopic (exact) mass is 324 g/mol. The number of imidazole rings is 1. The minimum absolute atomic E-state index is 0.844. The van der Waals surface area contributed by atoms with Crippen molar-refractivity contribution in [1.29, 1.82) is 0 Å². The van der Waals surface area contributed by atoms with E-state index < -0.39 is 0 Å². The Hall–Kier alpha value is -2.67. The summed E-state index contributed by atoms with van der Waals surface area (Å²) >= 11 is 1.57. The molecule has 0 saturated carbocycles. The van der Waals surface area contributed by atoms with Gasteiger partial charge in [-0.2, -0.15) is 5.10 Å². The first kappa shape index (κ1) is 14.0. The average molecular weight is 324 g/mol. The molecule has 0 aliphatic rings. The second-order valence-corrected chi connectivity index (χ2v) is 6.27. The lowest BCUT2D eigenvalue weighted by Gasteiger charge is -2.05. The standard InChI is InChI=1S/C16H16N6S/c1-12-11-22-16(19-12)23-15(20-22)17-9-7-13-3-5-14(6-4-13)21-10-2-8-18-21/h2-6,8,10-11H,7,9H2,1H3,(H,17,20). The maximum absolute atomic E-state index is 4.46. The number of anilines is 1. The van der Waals surface area contributed by atoms with Gasteiger partial charge in [-0.3, -0.25) is 0 Å². The van der Waals surface area contributed by atoms with Crippen LogP contribution < -0.4 is 5.32 Å². The van der Waals surface area contributed by atoms with Crippen LogP contribution >= 0.6 is 11.3 Å². The molecule has 0 bridgehead atoms. The van der Waals surface area contributed by atoms with Crippen LogP contribution in [0, 0.1) is 6.92 Å². The molecular formula is C16H16N6S. The predicted molar refractivity (Wildman–Crippen MR) is 91.4 cm³/mol. The van der Waals surface area contributed by atoms with Gasteiger partial charge in [-0.1, -0.05) is 23.5 Å². The van der Waals surface area contributed by atoms with Gasteiger partial charge in [0, 0.05) is 18.9 Å². The summed E-state index contributed by atoms with van der Waals surface area (Å²) in [7, 11) is 0. The first-order valence-corrected chi connectivity index (χ1v) is 8.25. The molecule has 3 heterocycles. The third-order valence-electron chi connectivity index (χ3n) is 3.56. The van der Waals surface area contributed by atoms with Crippen molar-refractivity contribution in [2.45, 2.75) is 13.3 Å². The number of benzene rings is 1. The van der Waals surface area contributed by atoms with E-state index in [0.717, 1.165) is 34.4 Å². The Morgan fingerprint density at radius 3 is 2.83 bits per heavy atom. The molecule has 0 aliphatic heterocycles. The Bertz CT molecular complexity index is 873. The summed E-state index contributed by atoms with van der Waals surface area (Å²) in [4.78, 5) is 5.33. The molecule has 7 heteroatoms. The molecule has 4 aromatic rings. The Labute approximate surface area is 137 Å². The second kappa shape index (κ2) is 5.85. The minimum atomic E-state index is 0.844. The first-order chi connectivity index (χ1) is 11.3. The van der Waals surface area contributed by atoms with E-state index in [4.69, 9.17) is 0 Å². The number of hydrogen-bond donors (Lipinski definition) is 1. The minimum Gasteiger partial charge on any atom is -0.360 e. The zero-order valence-corrected chi connectivity index (χ0v) is 13.5. The number of hydrogen-bond acceptors (Lipinski definition) is 5. The third-order valence-corrected chi connectivity index (χ3v) is 4.44. The first-order valence-electron chi connectivity index (χ1n) is 7.43. The summed E-state index contributed by atoms with van der Waals surface area (Å²) in [5, 5.41) is 13.0. The van der Waals surface area contributed by atoms with Gasteiger partial charge in [0.2, 0.25) is 10.1 Å². The van der Waals surface area contributed by atoms with Crippen molar-refractivity contribution in [2.24, 2.45) is 0 Å². The van der Waals surface area contributed by atoms with Gasteiger partial charge in [0.05, 0.1) is 17.6 Å². The smallest absolute Gasteiger partial charge is 0.214 e. The lowest BCUT2D eigenvalue weighted by atomic mass is 10.1. The number of aromatic nitrogens is 5. The molecule has 4 rings (SSSR count). The normalized spacial score (nSPS) is 11.2. The molecule has 1 aromatic carbocycles. The van der Waals surface area contributed by atoms with E-state index in [1.54, 1.807) is 17.5 Å². The van der Waals surface area contributed by atoms with E-state index in [1.807, 2.05) is 34.6 Å². The maximum atomic E-state index is 4.46. The van der Waals surface area contributed by atoms with E-state index in [2.05, 4.69) is 44.8 Å². The van der Waals surface area contributed by atoms with Crippen LogP contribution in [0.1, 0.15) is 11.3 Å². The van der Waals surface area contributed by atoms with Crippen molar-refractivity contribution in [1.82, 2.24) is 24.4 Å². The van der Waals surface area contributed by atoms with E-state index in [0.29, 0.717) is 0 Å². The molecule has 23 heavy (non-hydrogen) atoms. The number of nitrogens with zero attached hydrogens (tertiary/aromatic N) is 5. The highest BCUT2D eigenvalue weighted by Crippen LogP contribution is 2.19. The Morgan fingerprint density at radius 2 is 2.09 bits per heavy atom. The molecule has 1 N–H and O–H groups in total. The molecule has 3 aromatic heterocycles. The van der Waals surface area contributed by atoms with E-state index in [-0.39, 0.29) is 0 Å². The molecule has 6 nitrogen and oxygen atoms in total. The molecule has 0 fully saturated rings. The van der Waals surface area contributed by atoms with Crippen LogP contribution in [0.5, 0.6) is 0 Å². The molecule has 0 radical (unpaired) electrons. The van der Waals surface area contributed by atoms with Gasteiger partial charge in [-0.15, -0.1) is 5.10 Å². The lowest BCUT2D eigenvalue weighted by molar-refractivity contribution is 0.878. The summed E-state index contributed by atoms with van der Waals surface area (Å²) < 4.78 is 3.68. The van der Waals surface area contributed by atoms with E-state index in [9.17, 15) is 0 Å². The van der Waals surface area contributed by atoms with Gasteiger partial charge in [0.25, 0.3) is 0 Å². The predicted octanol–water partition coefficient (Wildman–Crippen LogP) is 2.94. The van der Waals surface area contributed by atoms with Crippen LogP contribution in [0.25, 0.3) is 10.6 Å². The number of aryl methyl sites for hydroxylation is 1. The van der Waals surface area contributed by atoms with Crippen molar-refractivity contribution in [3.63, 3.8) is 0 Å². The third kappa shape index (κ3) is 2.95. The quantitative estimate of drug-likeness (QED) is 0.613. The van der Waals surface area contributed by atoms with Gasteiger partial charge in [-0.25, -0.2) is 14.2 Å². The highest BCUT2D eigenvalue weighted by molar-refractivity contribution is 7.20. The lowest BCUT2D eigenvalue weighted by Crippen LogP contribution is -2.05. The fourth-order valence-electron chi connectivity index (χ4n) is 2.43. The van der Waals surface area contributed by atoms with Crippen molar-refractivity contribution in [2.75, 3.05) is 11.9 Å². The highest BCUT2D eigenvalue weighted by atomic mass is 32.1.